The summed E-state index contributed by atoms with van der Waals surface area (Å²) >= 11 is 0. The summed E-state index contributed by atoms with van der Waals surface area (Å²) in [5.74, 6) is 0. The number of unbranched alkanes of at least 4 members (excludes halogenated alkanes) is 6. The highest BCUT2D eigenvalue weighted by molar-refractivity contribution is 4.39. The Bertz CT molecular complexity index is 40.0. The van der Waals surface area contributed by atoms with E-state index in [2.05, 4.69) is 27.7 Å². The van der Waals surface area contributed by atoms with Gasteiger partial charge in [0, 0.05) is 0 Å². The molecule has 0 aliphatic heterocycles. The van der Waals surface area contributed by atoms with Crippen molar-refractivity contribution < 1.29 is 0 Å². The molecule has 0 N–H and O–H groups in total. The molecule has 0 fully saturated rings. The van der Waals surface area contributed by atoms with Gasteiger partial charge in [0.1, 0.15) is 0 Å². The van der Waals surface area contributed by atoms with Gasteiger partial charge in [-0.25, -0.2) is 0 Å². The van der Waals surface area contributed by atoms with Crippen LogP contribution in [0, 0.1) is 0 Å². The van der Waals surface area contributed by atoms with Gasteiger partial charge in [0.2, 0.25) is 0 Å². The van der Waals surface area contributed by atoms with Gasteiger partial charge in [-0.1, -0.05) is 92.9 Å². The van der Waals surface area contributed by atoms with Crippen molar-refractivity contribution >= 4 is 0 Å². The molecule has 0 rings (SSSR count). The van der Waals surface area contributed by atoms with E-state index >= 15 is 0 Å². The molecule has 0 radical (unpaired) electrons. The van der Waals surface area contributed by atoms with Crippen molar-refractivity contribution in [2.75, 3.05) is 0 Å². The van der Waals surface area contributed by atoms with Gasteiger partial charge in [-0.2, -0.15) is 0 Å². The molecular weight excluding hydrogens is 168 g/mol. The molecule has 0 aliphatic carbocycles. The SMILES string of the molecule is CC.CCCC.CCCCCCCC. The zero-order chi connectivity index (χ0) is 11.7. The predicted octanol–water partition coefficient (Wildman–Crippen LogP) is 6.20. The van der Waals surface area contributed by atoms with Crippen molar-refractivity contribution in [3.8, 4) is 0 Å². The minimum Gasteiger partial charge on any atom is -0.0683 e. The normalized spacial score (nSPS) is 8.14. The monoisotopic (exact) mass is 202 g/mol. The molecule has 0 aromatic carbocycles. The molecule has 0 saturated carbocycles. The fraction of sp³-hybridized carbons (Fsp3) is 1.00. The molecule has 0 saturated heterocycles. The maximum atomic E-state index is 2.26. The second-order valence-corrected chi connectivity index (χ2v) is 3.41. The number of hydrogen-bond donors (Lipinski definition) is 0. The van der Waals surface area contributed by atoms with Crippen LogP contribution in [0.5, 0.6) is 0 Å². The first kappa shape index (κ1) is 19.6. The molecule has 0 atom stereocenters. The average Bonchev–Trinajstić information content (AvgIpc) is 2.28. The second kappa shape index (κ2) is 29.2. The largest absolute Gasteiger partial charge is 0.0683 e. The van der Waals surface area contributed by atoms with Crippen LogP contribution >= 0.6 is 0 Å². The molecule has 0 unspecified atom stereocenters. The zero-order valence-corrected chi connectivity index (χ0v) is 11.7. The van der Waals surface area contributed by atoms with E-state index in [9.17, 15) is 0 Å². The lowest BCUT2D eigenvalue weighted by molar-refractivity contribution is 0.624. The van der Waals surface area contributed by atoms with Gasteiger partial charge in [0.25, 0.3) is 0 Å². The first-order chi connectivity index (χ1) is 6.83. The summed E-state index contributed by atoms with van der Waals surface area (Å²) < 4.78 is 0. The standard InChI is InChI=1S/C8H18.C4H10.C2H6/c1-3-5-7-8-6-4-2;1-3-4-2;1-2/h3-8H2,1-2H3;3-4H2,1-2H3;1-2H3. The Morgan fingerprint density at radius 3 is 0.857 bits per heavy atom. The number of rotatable bonds is 6. The maximum absolute atomic E-state index is 2.26. The van der Waals surface area contributed by atoms with Crippen LogP contribution in [0.2, 0.25) is 0 Å². The Labute approximate surface area is 93.5 Å². The van der Waals surface area contributed by atoms with Crippen molar-refractivity contribution in [2.24, 2.45) is 0 Å². The fourth-order valence-electron chi connectivity index (χ4n) is 0.854. The zero-order valence-electron chi connectivity index (χ0n) is 11.7. The van der Waals surface area contributed by atoms with Crippen LogP contribution < -0.4 is 0 Å². The molecule has 0 aromatic heterocycles. The molecule has 0 heterocycles. The van der Waals surface area contributed by atoms with Crippen LogP contribution in [0.4, 0.5) is 0 Å². The molecule has 0 aliphatic rings. The van der Waals surface area contributed by atoms with Gasteiger partial charge in [-0.15, -0.1) is 0 Å². The third kappa shape index (κ3) is 40.3. The van der Waals surface area contributed by atoms with E-state index in [1.165, 1.54) is 51.4 Å². The highest BCUT2D eigenvalue weighted by Crippen LogP contribution is 2.03. The highest BCUT2D eigenvalue weighted by Gasteiger charge is 1.83. The van der Waals surface area contributed by atoms with E-state index in [4.69, 9.17) is 0 Å². The summed E-state index contributed by atoms with van der Waals surface area (Å²) in [4.78, 5) is 0. The lowest BCUT2D eigenvalue weighted by atomic mass is 10.1. The summed E-state index contributed by atoms with van der Waals surface area (Å²) in [7, 11) is 0. The first-order valence-corrected chi connectivity index (χ1v) is 6.83. The van der Waals surface area contributed by atoms with E-state index in [0.717, 1.165) is 0 Å². The molecule has 90 valence electrons. The van der Waals surface area contributed by atoms with E-state index in [-0.39, 0.29) is 0 Å². The van der Waals surface area contributed by atoms with Crippen LogP contribution in [0.15, 0.2) is 0 Å². The summed E-state index contributed by atoms with van der Waals surface area (Å²) in [6.07, 6.45) is 11.1. The van der Waals surface area contributed by atoms with Crippen LogP contribution in [0.1, 0.15) is 92.9 Å². The molecule has 0 spiro atoms. The Hall–Kier alpha value is 0. The molecule has 0 aromatic rings. The maximum Gasteiger partial charge on any atom is -0.0533 e. The quantitative estimate of drug-likeness (QED) is 0.450. The summed E-state index contributed by atoms with van der Waals surface area (Å²) in [5, 5.41) is 0. The van der Waals surface area contributed by atoms with Crippen LogP contribution in [-0.4, -0.2) is 0 Å². The molecule has 14 heavy (non-hydrogen) atoms. The van der Waals surface area contributed by atoms with Crippen molar-refractivity contribution in [1.29, 1.82) is 0 Å². The van der Waals surface area contributed by atoms with Gasteiger partial charge in [-0.3, -0.25) is 0 Å². The third-order valence-electron chi connectivity index (χ3n) is 1.96. The van der Waals surface area contributed by atoms with Gasteiger partial charge in [0.05, 0.1) is 0 Å². The first-order valence-electron chi connectivity index (χ1n) is 6.83. The molecular formula is C14H34. The van der Waals surface area contributed by atoms with Crippen LogP contribution in [0.25, 0.3) is 0 Å². The van der Waals surface area contributed by atoms with Crippen molar-refractivity contribution in [3.63, 3.8) is 0 Å². The fourth-order valence-corrected chi connectivity index (χ4v) is 0.854. The van der Waals surface area contributed by atoms with Crippen molar-refractivity contribution in [3.05, 3.63) is 0 Å². The summed E-state index contributed by atoms with van der Waals surface area (Å²) in [6.45, 7) is 12.9. The highest BCUT2D eigenvalue weighted by atomic mass is 13.9. The topological polar surface area (TPSA) is 0 Å². The lowest BCUT2D eigenvalue weighted by Crippen LogP contribution is -1.73. The Balaban J connectivity index is -0.000000170. The molecule has 0 bridgehead atoms. The van der Waals surface area contributed by atoms with Gasteiger partial charge in [0.15, 0.2) is 0 Å². The van der Waals surface area contributed by atoms with Gasteiger partial charge >= 0.3 is 0 Å². The minimum absolute atomic E-state index is 1.32. The van der Waals surface area contributed by atoms with Gasteiger partial charge in [-0.05, 0) is 0 Å². The van der Waals surface area contributed by atoms with Crippen LogP contribution in [0.3, 0.4) is 0 Å². The summed E-state index contributed by atoms with van der Waals surface area (Å²) in [6, 6.07) is 0. The van der Waals surface area contributed by atoms with E-state index in [1.807, 2.05) is 13.8 Å². The minimum atomic E-state index is 1.32. The second-order valence-electron chi connectivity index (χ2n) is 3.41. The Morgan fingerprint density at radius 2 is 0.714 bits per heavy atom. The Kier molecular flexibility index (Phi) is 40.9. The molecule has 0 nitrogen and oxygen atoms in total. The lowest BCUT2D eigenvalue weighted by Gasteiger charge is -1.93. The van der Waals surface area contributed by atoms with Crippen molar-refractivity contribution in [1.82, 2.24) is 0 Å². The predicted molar refractivity (Wildman–Crippen MR) is 71.0 cm³/mol. The van der Waals surface area contributed by atoms with E-state index in [1.54, 1.807) is 0 Å². The van der Waals surface area contributed by atoms with E-state index in [0.29, 0.717) is 0 Å². The Morgan fingerprint density at radius 1 is 0.429 bits per heavy atom. The van der Waals surface area contributed by atoms with Gasteiger partial charge < -0.3 is 0 Å². The smallest absolute Gasteiger partial charge is 0.0533 e. The van der Waals surface area contributed by atoms with Crippen molar-refractivity contribution in [2.45, 2.75) is 92.9 Å². The van der Waals surface area contributed by atoms with Crippen LogP contribution in [-0.2, 0) is 0 Å². The number of hydrogen-bond acceptors (Lipinski definition) is 0. The van der Waals surface area contributed by atoms with E-state index < -0.39 is 0 Å². The molecule has 0 heteroatoms. The molecule has 0 amide bonds. The average molecular weight is 202 g/mol. The summed E-state index contributed by atoms with van der Waals surface area (Å²) in [5.41, 5.74) is 0. The third-order valence-corrected chi connectivity index (χ3v) is 1.96.